The lowest BCUT2D eigenvalue weighted by atomic mass is 10.1. The molecule has 0 aromatic heterocycles. The average molecular weight is 338 g/mol. The third-order valence-corrected chi connectivity index (χ3v) is 4.20. The molecule has 2 rings (SSSR count). The standard InChI is InChI=1S/C16H17BrFNO/c1-11-9-15(10-12(2)16(11)17)20-8-7-19-14-5-3-13(18)4-6-14/h3-6,9-10,19H,7-8H2,1-2H3. The lowest BCUT2D eigenvalue weighted by Gasteiger charge is -2.11. The molecule has 2 aromatic rings. The molecular weight excluding hydrogens is 321 g/mol. The Morgan fingerprint density at radius 1 is 1.10 bits per heavy atom. The van der Waals surface area contributed by atoms with Gasteiger partial charge in [0.25, 0.3) is 0 Å². The predicted octanol–water partition coefficient (Wildman–Crippen LogP) is 4.70. The zero-order valence-electron chi connectivity index (χ0n) is 11.5. The molecule has 0 spiro atoms. The summed E-state index contributed by atoms with van der Waals surface area (Å²) in [6, 6.07) is 10.3. The number of benzene rings is 2. The minimum atomic E-state index is -0.229. The van der Waals surface area contributed by atoms with E-state index in [1.54, 1.807) is 12.1 Å². The van der Waals surface area contributed by atoms with Crippen molar-refractivity contribution in [2.75, 3.05) is 18.5 Å². The van der Waals surface area contributed by atoms with Gasteiger partial charge in [-0.1, -0.05) is 15.9 Å². The third kappa shape index (κ3) is 3.97. The third-order valence-electron chi connectivity index (χ3n) is 2.95. The van der Waals surface area contributed by atoms with Crippen molar-refractivity contribution < 1.29 is 9.13 Å². The average Bonchev–Trinajstić information content (AvgIpc) is 2.43. The molecular formula is C16H17BrFNO. The van der Waals surface area contributed by atoms with Crippen molar-refractivity contribution in [3.8, 4) is 5.75 Å². The summed E-state index contributed by atoms with van der Waals surface area (Å²) >= 11 is 3.53. The summed E-state index contributed by atoms with van der Waals surface area (Å²) in [4.78, 5) is 0. The second kappa shape index (κ2) is 6.75. The van der Waals surface area contributed by atoms with Gasteiger partial charge in [0.15, 0.2) is 0 Å². The van der Waals surface area contributed by atoms with E-state index in [-0.39, 0.29) is 5.82 Å². The van der Waals surface area contributed by atoms with Crippen molar-refractivity contribution in [3.63, 3.8) is 0 Å². The molecule has 2 aromatic carbocycles. The Kier molecular flexibility index (Phi) is 5.01. The van der Waals surface area contributed by atoms with Crippen molar-refractivity contribution in [1.82, 2.24) is 0 Å². The van der Waals surface area contributed by atoms with Crippen LogP contribution in [0.1, 0.15) is 11.1 Å². The fourth-order valence-electron chi connectivity index (χ4n) is 1.92. The number of ether oxygens (including phenoxy) is 1. The zero-order chi connectivity index (χ0) is 14.5. The fraction of sp³-hybridized carbons (Fsp3) is 0.250. The van der Waals surface area contributed by atoms with Gasteiger partial charge in [0, 0.05) is 16.7 Å². The molecule has 20 heavy (non-hydrogen) atoms. The molecule has 0 saturated carbocycles. The molecule has 0 amide bonds. The Hall–Kier alpha value is -1.55. The number of rotatable bonds is 5. The monoisotopic (exact) mass is 337 g/mol. The maximum absolute atomic E-state index is 12.7. The Balaban J connectivity index is 1.83. The number of aryl methyl sites for hydroxylation is 2. The number of halogens is 2. The van der Waals surface area contributed by atoms with E-state index >= 15 is 0 Å². The summed E-state index contributed by atoms with van der Waals surface area (Å²) in [5, 5.41) is 3.18. The van der Waals surface area contributed by atoms with Crippen LogP contribution in [-0.2, 0) is 0 Å². The molecule has 4 heteroatoms. The van der Waals surface area contributed by atoms with Crippen LogP contribution in [0.2, 0.25) is 0 Å². The maximum Gasteiger partial charge on any atom is 0.123 e. The van der Waals surface area contributed by atoms with Crippen LogP contribution in [-0.4, -0.2) is 13.2 Å². The van der Waals surface area contributed by atoms with Gasteiger partial charge in [0.1, 0.15) is 18.2 Å². The molecule has 0 heterocycles. The molecule has 0 bridgehead atoms. The van der Waals surface area contributed by atoms with E-state index in [0.717, 1.165) is 27.0 Å². The summed E-state index contributed by atoms with van der Waals surface area (Å²) in [5.41, 5.74) is 3.20. The van der Waals surface area contributed by atoms with Crippen molar-refractivity contribution in [3.05, 3.63) is 57.8 Å². The number of hydrogen-bond acceptors (Lipinski definition) is 2. The van der Waals surface area contributed by atoms with Crippen molar-refractivity contribution in [2.45, 2.75) is 13.8 Å². The summed E-state index contributed by atoms with van der Waals surface area (Å²) in [5.74, 6) is 0.636. The summed E-state index contributed by atoms with van der Waals surface area (Å²) in [6.07, 6.45) is 0. The quantitative estimate of drug-likeness (QED) is 0.798. The van der Waals surface area contributed by atoms with Gasteiger partial charge in [0.05, 0.1) is 0 Å². The highest BCUT2D eigenvalue weighted by Gasteiger charge is 2.03. The predicted molar refractivity (Wildman–Crippen MR) is 84.0 cm³/mol. The first-order valence-electron chi connectivity index (χ1n) is 6.45. The molecule has 0 fully saturated rings. The van der Waals surface area contributed by atoms with Gasteiger partial charge in [-0.2, -0.15) is 0 Å². The summed E-state index contributed by atoms with van der Waals surface area (Å²) in [6.45, 7) is 5.30. The van der Waals surface area contributed by atoms with Crippen molar-refractivity contribution in [1.29, 1.82) is 0 Å². The van der Waals surface area contributed by atoms with Gasteiger partial charge in [-0.3, -0.25) is 0 Å². The lowest BCUT2D eigenvalue weighted by molar-refractivity contribution is 0.332. The van der Waals surface area contributed by atoms with Gasteiger partial charge in [-0.15, -0.1) is 0 Å². The lowest BCUT2D eigenvalue weighted by Crippen LogP contribution is -2.11. The van der Waals surface area contributed by atoms with Crippen LogP contribution >= 0.6 is 15.9 Å². The zero-order valence-corrected chi connectivity index (χ0v) is 13.1. The Morgan fingerprint density at radius 3 is 2.30 bits per heavy atom. The minimum absolute atomic E-state index is 0.229. The molecule has 0 radical (unpaired) electrons. The smallest absolute Gasteiger partial charge is 0.123 e. The highest BCUT2D eigenvalue weighted by atomic mass is 79.9. The van der Waals surface area contributed by atoms with Gasteiger partial charge >= 0.3 is 0 Å². The normalized spacial score (nSPS) is 10.4. The van der Waals surface area contributed by atoms with E-state index in [2.05, 4.69) is 21.2 Å². The topological polar surface area (TPSA) is 21.3 Å². The van der Waals surface area contributed by atoms with Gasteiger partial charge in [-0.25, -0.2) is 4.39 Å². The fourth-order valence-corrected chi connectivity index (χ4v) is 2.15. The first-order valence-corrected chi connectivity index (χ1v) is 7.24. The van der Waals surface area contributed by atoms with E-state index in [9.17, 15) is 4.39 Å². The molecule has 0 unspecified atom stereocenters. The Bertz CT molecular complexity index is 561. The first-order chi connectivity index (χ1) is 9.56. The van der Waals surface area contributed by atoms with E-state index < -0.39 is 0 Å². The maximum atomic E-state index is 12.7. The van der Waals surface area contributed by atoms with Crippen LogP contribution in [0.3, 0.4) is 0 Å². The van der Waals surface area contributed by atoms with Crippen LogP contribution in [0.5, 0.6) is 5.75 Å². The largest absolute Gasteiger partial charge is 0.492 e. The van der Waals surface area contributed by atoms with Gasteiger partial charge < -0.3 is 10.1 Å². The highest BCUT2D eigenvalue weighted by Crippen LogP contribution is 2.26. The number of hydrogen-bond donors (Lipinski definition) is 1. The van der Waals surface area contributed by atoms with Gasteiger partial charge in [-0.05, 0) is 61.4 Å². The van der Waals surface area contributed by atoms with Crippen LogP contribution in [0.4, 0.5) is 10.1 Å². The summed E-state index contributed by atoms with van der Waals surface area (Å²) < 4.78 is 19.6. The number of anilines is 1. The molecule has 0 atom stereocenters. The number of nitrogens with one attached hydrogen (secondary N) is 1. The SMILES string of the molecule is Cc1cc(OCCNc2ccc(F)cc2)cc(C)c1Br. The van der Waals surface area contributed by atoms with Crippen molar-refractivity contribution in [2.24, 2.45) is 0 Å². The molecule has 0 aliphatic heterocycles. The molecule has 1 N–H and O–H groups in total. The second-order valence-corrected chi connectivity index (χ2v) is 5.45. The van der Waals surface area contributed by atoms with E-state index in [1.165, 1.54) is 12.1 Å². The summed E-state index contributed by atoms with van der Waals surface area (Å²) in [7, 11) is 0. The van der Waals surface area contributed by atoms with E-state index in [0.29, 0.717) is 13.2 Å². The van der Waals surface area contributed by atoms with Gasteiger partial charge in [0.2, 0.25) is 0 Å². The second-order valence-electron chi connectivity index (χ2n) is 4.65. The molecule has 0 aliphatic rings. The van der Waals surface area contributed by atoms with Crippen molar-refractivity contribution >= 4 is 21.6 Å². The van der Waals surface area contributed by atoms with E-state index in [1.807, 2.05) is 26.0 Å². The molecule has 2 nitrogen and oxygen atoms in total. The van der Waals surface area contributed by atoms with E-state index in [4.69, 9.17) is 4.74 Å². The molecule has 106 valence electrons. The Labute approximate surface area is 127 Å². The van der Waals surface area contributed by atoms with Crippen LogP contribution in [0, 0.1) is 19.7 Å². The Morgan fingerprint density at radius 2 is 1.70 bits per heavy atom. The van der Waals surface area contributed by atoms with Crippen LogP contribution in [0.15, 0.2) is 40.9 Å². The van der Waals surface area contributed by atoms with Crippen LogP contribution in [0.25, 0.3) is 0 Å². The first kappa shape index (κ1) is 14.9. The highest BCUT2D eigenvalue weighted by molar-refractivity contribution is 9.10. The minimum Gasteiger partial charge on any atom is -0.492 e. The molecule has 0 saturated heterocycles. The van der Waals surface area contributed by atoms with Crippen LogP contribution < -0.4 is 10.1 Å². The molecule has 0 aliphatic carbocycles.